The van der Waals surface area contributed by atoms with Crippen LogP contribution in [-0.2, 0) is 13.0 Å². The second kappa shape index (κ2) is 9.21. The molecular weight excluding hydrogens is 284 g/mol. The van der Waals surface area contributed by atoms with Crippen molar-refractivity contribution < 1.29 is 4.74 Å². The molecule has 0 bridgehead atoms. The summed E-state index contributed by atoms with van der Waals surface area (Å²) in [7, 11) is 0. The minimum atomic E-state index is 0.647. The lowest BCUT2D eigenvalue weighted by Gasteiger charge is -2.20. The molecule has 0 unspecified atom stereocenters. The van der Waals surface area contributed by atoms with Crippen LogP contribution < -0.4 is 10.5 Å². The van der Waals surface area contributed by atoms with E-state index >= 15 is 0 Å². The SMILES string of the molecule is CCOc1ccc(CCCN(CC)Cc2ccccc2)cc1N. The number of nitrogens with zero attached hydrogens (tertiary/aromatic N) is 1. The first-order valence-corrected chi connectivity index (χ1v) is 8.50. The number of nitrogens with two attached hydrogens (primary N) is 1. The van der Waals surface area contributed by atoms with E-state index in [0.29, 0.717) is 6.61 Å². The number of hydrogen-bond donors (Lipinski definition) is 1. The van der Waals surface area contributed by atoms with E-state index in [2.05, 4.69) is 48.2 Å². The Morgan fingerprint density at radius 1 is 1.00 bits per heavy atom. The molecule has 2 aromatic carbocycles. The van der Waals surface area contributed by atoms with Crippen LogP contribution in [0.15, 0.2) is 48.5 Å². The van der Waals surface area contributed by atoms with Crippen molar-refractivity contribution in [1.82, 2.24) is 4.90 Å². The lowest BCUT2D eigenvalue weighted by molar-refractivity contribution is 0.276. The molecule has 3 heteroatoms. The molecule has 124 valence electrons. The maximum absolute atomic E-state index is 6.03. The van der Waals surface area contributed by atoms with Gasteiger partial charge in [0.2, 0.25) is 0 Å². The Balaban J connectivity index is 1.82. The van der Waals surface area contributed by atoms with Crippen molar-refractivity contribution >= 4 is 5.69 Å². The van der Waals surface area contributed by atoms with Crippen molar-refractivity contribution in [3.63, 3.8) is 0 Å². The molecule has 2 aromatic rings. The van der Waals surface area contributed by atoms with Gasteiger partial charge in [0.25, 0.3) is 0 Å². The van der Waals surface area contributed by atoms with Crippen molar-refractivity contribution in [2.75, 3.05) is 25.4 Å². The zero-order chi connectivity index (χ0) is 16.5. The largest absolute Gasteiger partial charge is 0.492 e. The maximum atomic E-state index is 6.03. The Morgan fingerprint density at radius 2 is 1.78 bits per heavy atom. The molecule has 0 radical (unpaired) electrons. The van der Waals surface area contributed by atoms with E-state index in [0.717, 1.165) is 43.9 Å². The minimum Gasteiger partial charge on any atom is -0.492 e. The third-order valence-corrected chi connectivity index (χ3v) is 4.01. The van der Waals surface area contributed by atoms with Crippen LogP contribution in [0.3, 0.4) is 0 Å². The standard InChI is InChI=1S/C20H28N2O/c1-3-22(16-18-9-6-5-7-10-18)14-8-11-17-12-13-20(23-4-2)19(21)15-17/h5-7,9-10,12-13,15H,3-4,8,11,14,16,21H2,1-2H3. The molecule has 3 nitrogen and oxygen atoms in total. The molecule has 0 saturated carbocycles. The molecule has 0 aromatic heterocycles. The summed E-state index contributed by atoms with van der Waals surface area (Å²) in [6.45, 7) is 8.02. The molecule has 0 aliphatic carbocycles. The van der Waals surface area contributed by atoms with Crippen molar-refractivity contribution in [2.24, 2.45) is 0 Å². The molecular formula is C20H28N2O. The molecule has 0 amide bonds. The van der Waals surface area contributed by atoms with Crippen LogP contribution in [0.1, 0.15) is 31.4 Å². The first-order chi connectivity index (χ1) is 11.2. The first kappa shape index (κ1) is 17.4. The number of benzene rings is 2. The maximum Gasteiger partial charge on any atom is 0.142 e. The Hall–Kier alpha value is -2.00. The van der Waals surface area contributed by atoms with Gasteiger partial charge in [-0.15, -0.1) is 0 Å². The zero-order valence-corrected chi connectivity index (χ0v) is 14.3. The van der Waals surface area contributed by atoms with Crippen molar-refractivity contribution in [3.8, 4) is 5.75 Å². The van der Waals surface area contributed by atoms with Gasteiger partial charge >= 0.3 is 0 Å². The molecule has 2 rings (SSSR count). The summed E-state index contributed by atoms with van der Waals surface area (Å²) >= 11 is 0. The van der Waals surface area contributed by atoms with Crippen molar-refractivity contribution in [2.45, 2.75) is 33.2 Å². The van der Waals surface area contributed by atoms with Crippen LogP contribution in [-0.4, -0.2) is 24.6 Å². The number of aryl methyl sites for hydroxylation is 1. The van der Waals surface area contributed by atoms with Gasteiger partial charge in [-0.3, -0.25) is 4.90 Å². The second-order valence-corrected chi connectivity index (χ2v) is 5.76. The van der Waals surface area contributed by atoms with E-state index in [9.17, 15) is 0 Å². The van der Waals surface area contributed by atoms with Gasteiger partial charge < -0.3 is 10.5 Å². The van der Waals surface area contributed by atoms with E-state index in [4.69, 9.17) is 10.5 Å². The fourth-order valence-corrected chi connectivity index (χ4v) is 2.74. The van der Waals surface area contributed by atoms with Crippen molar-refractivity contribution in [1.29, 1.82) is 0 Å². The predicted octanol–water partition coefficient (Wildman–Crippen LogP) is 4.12. The van der Waals surface area contributed by atoms with Crippen LogP contribution in [0.4, 0.5) is 5.69 Å². The first-order valence-electron chi connectivity index (χ1n) is 8.50. The number of hydrogen-bond acceptors (Lipinski definition) is 3. The smallest absolute Gasteiger partial charge is 0.142 e. The summed E-state index contributed by atoms with van der Waals surface area (Å²) < 4.78 is 5.48. The molecule has 0 spiro atoms. The Labute approximate surface area is 140 Å². The van der Waals surface area contributed by atoms with Gasteiger partial charge in [0.05, 0.1) is 12.3 Å². The third kappa shape index (κ3) is 5.61. The Morgan fingerprint density at radius 3 is 2.43 bits per heavy atom. The quantitative estimate of drug-likeness (QED) is 0.708. The van der Waals surface area contributed by atoms with Gasteiger partial charge in [-0.25, -0.2) is 0 Å². The van der Waals surface area contributed by atoms with Gasteiger partial charge in [-0.2, -0.15) is 0 Å². The Bertz CT molecular complexity index is 583. The van der Waals surface area contributed by atoms with E-state index in [1.807, 2.05) is 19.1 Å². The molecule has 23 heavy (non-hydrogen) atoms. The van der Waals surface area contributed by atoms with E-state index in [-0.39, 0.29) is 0 Å². The average molecular weight is 312 g/mol. The van der Waals surface area contributed by atoms with Crippen LogP contribution in [0.5, 0.6) is 5.75 Å². The fourth-order valence-electron chi connectivity index (χ4n) is 2.74. The van der Waals surface area contributed by atoms with Gasteiger partial charge in [0, 0.05) is 6.54 Å². The van der Waals surface area contributed by atoms with Crippen LogP contribution in [0, 0.1) is 0 Å². The van der Waals surface area contributed by atoms with E-state index < -0.39 is 0 Å². The summed E-state index contributed by atoms with van der Waals surface area (Å²) in [5.74, 6) is 0.788. The summed E-state index contributed by atoms with van der Waals surface area (Å²) in [6, 6.07) is 16.8. The van der Waals surface area contributed by atoms with Crippen LogP contribution in [0.25, 0.3) is 0 Å². The number of rotatable bonds is 9. The fraction of sp³-hybridized carbons (Fsp3) is 0.400. The van der Waals surface area contributed by atoms with Gasteiger partial charge in [-0.05, 0) is 56.1 Å². The van der Waals surface area contributed by atoms with Gasteiger partial charge in [0.15, 0.2) is 0 Å². The van der Waals surface area contributed by atoms with Gasteiger partial charge in [0.1, 0.15) is 5.75 Å². The van der Waals surface area contributed by atoms with Crippen LogP contribution >= 0.6 is 0 Å². The summed E-state index contributed by atoms with van der Waals surface area (Å²) in [4.78, 5) is 2.48. The number of nitrogen functional groups attached to an aromatic ring is 1. The summed E-state index contributed by atoms with van der Waals surface area (Å²) in [5.41, 5.74) is 9.42. The molecule has 2 N–H and O–H groups in total. The zero-order valence-electron chi connectivity index (χ0n) is 14.3. The van der Waals surface area contributed by atoms with E-state index in [1.165, 1.54) is 11.1 Å². The highest BCUT2D eigenvalue weighted by Gasteiger charge is 2.05. The number of anilines is 1. The minimum absolute atomic E-state index is 0.647. The lowest BCUT2D eigenvalue weighted by atomic mass is 10.1. The van der Waals surface area contributed by atoms with Crippen LogP contribution in [0.2, 0.25) is 0 Å². The van der Waals surface area contributed by atoms with E-state index in [1.54, 1.807) is 0 Å². The predicted molar refractivity (Wildman–Crippen MR) is 97.7 cm³/mol. The molecule has 0 atom stereocenters. The second-order valence-electron chi connectivity index (χ2n) is 5.76. The highest BCUT2D eigenvalue weighted by atomic mass is 16.5. The van der Waals surface area contributed by atoms with Gasteiger partial charge in [-0.1, -0.05) is 43.3 Å². The molecule has 0 aliphatic rings. The molecule has 0 fully saturated rings. The highest BCUT2D eigenvalue weighted by Crippen LogP contribution is 2.23. The highest BCUT2D eigenvalue weighted by molar-refractivity contribution is 5.54. The monoisotopic (exact) mass is 312 g/mol. The van der Waals surface area contributed by atoms with Crippen molar-refractivity contribution in [3.05, 3.63) is 59.7 Å². The molecule has 0 saturated heterocycles. The molecule has 0 aliphatic heterocycles. The average Bonchev–Trinajstić information content (AvgIpc) is 2.57. The number of ether oxygens (including phenoxy) is 1. The summed E-state index contributed by atoms with van der Waals surface area (Å²) in [5, 5.41) is 0. The molecule has 0 heterocycles. The normalized spacial score (nSPS) is 10.9. The summed E-state index contributed by atoms with van der Waals surface area (Å²) in [6.07, 6.45) is 2.18. The topological polar surface area (TPSA) is 38.5 Å². The lowest BCUT2D eigenvalue weighted by Crippen LogP contribution is -2.24. The third-order valence-electron chi connectivity index (χ3n) is 4.01. The Kier molecular flexibility index (Phi) is 6.95.